The largest absolute Gasteiger partial charge is 0.460 e. The second kappa shape index (κ2) is 11.7. The van der Waals surface area contributed by atoms with E-state index in [1.54, 1.807) is 26.0 Å². The van der Waals surface area contributed by atoms with Crippen LogP contribution in [0.15, 0.2) is 82.1 Å². The molecule has 0 spiro atoms. The summed E-state index contributed by atoms with van der Waals surface area (Å²) < 4.78 is 40.9. The number of sulfonamides is 1. The maximum atomic E-state index is 14.3. The average molecular weight is 562 g/mol. The molecule has 0 N–H and O–H groups in total. The Morgan fingerprint density at radius 2 is 1.73 bits per heavy atom. The molecule has 0 radical (unpaired) electrons. The van der Waals surface area contributed by atoms with Gasteiger partial charge in [0.1, 0.15) is 5.58 Å². The van der Waals surface area contributed by atoms with Crippen molar-refractivity contribution in [2.24, 2.45) is 0 Å². The van der Waals surface area contributed by atoms with E-state index < -0.39 is 16.0 Å². The molecule has 1 aromatic heterocycles. The number of carbonyl (C=O) groups is 1. The second-order valence-electron chi connectivity index (χ2n) is 10.1. The van der Waals surface area contributed by atoms with E-state index in [4.69, 9.17) is 9.15 Å². The number of ether oxygens (including phenoxy) is 1. The summed E-state index contributed by atoms with van der Waals surface area (Å²) in [7, 11) is -1.85. The van der Waals surface area contributed by atoms with Gasteiger partial charge in [-0.2, -0.15) is 0 Å². The third-order valence-electron chi connectivity index (χ3n) is 7.39. The van der Waals surface area contributed by atoms with Gasteiger partial charge in [0.2, 0.25) is 5.76 Å². The lowest BCUT2D eigenvalue weighted by Gasteiger charge is -2.34. The Kier molecular flexibility index (Phi) is 8.14. The van der Waals surface area contributed by atoms with Gasteiger partial charge < -0.3 is 19.0 Å². The van der Waals surface area contributed by atoms with Gasteiger partial charge in [0.15, 0.2) is 0 Å². The lowest BCUT2D eigenvalue weighted by molar-refractivity contribution is 0.0491. The molecule has 40 heavy (non-hydrogen) atoms. The Labute approximate surface area is 235 Å². The molecule has 210 valence electrons. The average Bonchev–Trinajstić information content (AvgIpc) is 3.30. The predicted octanol–water partition coefficient (Wildman–Crippen LogP) is 5.11. The summed E-state index contributed by atoms with van der Waals surface area (Å²) in [5.41, 5.74) is 3.67. The molecule has 0 saturated carbocycles. The molecule has 1 aliphatic heterocycles. The Hall–Kier alpha value is -3.82. The fourth-order valence-corrected chi connectivity index (χ4v) is 6.54. The first kappa shape index (κ1) is 27.7. The summed E-state index contributed by atoms with van der Waals surface area (Å²) in [6.45, 7) is 7.64. The Morgan fingerprint density at radius 1 is 0.975 bits per heavy atom. The van der Waals surface area contributed by atoms with Gasteiger partial charge in [0.05, 0.1) is 17.2 Å². The highest BCUT2D eigenvalue weighted by molar-refractivity contribution is 7.92. The first-order valence-electron chi connectivity index (χ1n) is 13.6. The summed E-state index contributed by atoms with van der Waals surface area (Å²) in [6.07, 6.45) is 0.554. The highest BCUT2D eigenvalue weighted by Crippen LogP contribution is 2.32. The molecular weight excluding hydrogens is 526 g/mol. The van der Waals surface area contributed by atoms with Crippen LogP contribution in [0.25, 0.3) is 11.0 Å². The van der Waals surface area contributed by atoms with E-state index in [0.717, 1.165) is 37.4 Å². The third-order valence-corrected chi connectivity index (χ3v) is 9.21. The summed E-state index contributed by atoms with van der Waals surface area (Å²) >= 11 is 0. The molecule has 0 amide bonds. The zero-order valence-electron chi connectivity index (χ0n) is 23.2. The quantitative estimate of drug-likeness (QED) is 0.263. The van der Waals surface area contributed by atoms with Crippen molar-refractivity contribution in [1.29, 1.82) is 0 Å². The number of benzene rings is 3. The maximum Gasteiger partial charge on any atom is 0.374 e. The molecule has 2 heterocycles. The molecule has 1 fully saturated rings. The molecule has 0 bridgehead atoms. The van der Waals surface area contributed by atoms with Crippen LogP contribution in [0.4, 0.5) is 11.4 Å². The minimum absolute atomic E-state index is 0.0900. The number of likely N-dealkylation sites (N-methyl/N-ethyl adjacent to an activating group) is 1. The zero-order valence-corrected chi connectivity index (χ0v) is 24.0. The molecule has 0 aliphatic carbocycles. The lowest BCUT2D eigenvalue weighted by atomic mass is 10.1. The van der Waals surface area contributed by atoms with Crippen LogP contribution >= 0.6 is 0 Å². The minimum Gasteiger partial charge on any atom is -0.460 e. The predicted molar refractivity (Wildman–Crippen MR) is 158 cm³/mol. The van der Waals surface area contributed by atoms with E-state index in [-0.39, 0.29) is 23.8 Å². The van der Waals surface area contributed by atoms with E-state index >= 15 is 0 Å². The Balaban J connectivity index is 1.53. The van der Waals surface area contributed by atoms with Crippen molar-refractivity contribution >= 4 is 38.3 Å². The molecule has 4 aromatic rings. The van der Waals surface area contributed by atoms with Crippen LogP contribution in [0.3, 0.4) is 0 Å². The zero-order chi connectivity index (χ0) is 28.3. The number of esters is 1. The number of rotatable bonds is 9. The van der Waals surface area contributed by atoms with E-state index in [2.05, 4.69) is 16.8 Å². The Bertz CT molecular complexity index is 1590. The number of hydrogen-bond donors (Lipinski definition) is 0. The number of anilines is 2. The first-order chi connectivity index (χ1) is 19.3. The normalized spacial score (nSPS) is 14.4. The van der Waals surface area contributed by atoms with Crippen molar-refractivity contribution in [3.8, 4) is 0 Å². The van der Waals surface area contributed by atoms with E-state index in [0.29, 0.717) is 28.6 Å². The van der Waals surface area contributed by atoms with Crippen molar-refractivity contribution in [2.45, 2.75) is 25.2 Å². The van der Waals surface area contributed by atoms with Gasteiger partial charge in [0, 0.05) is 49.4 Å². The summed E-state index contributed by atoms with van der Waals surface area (Å²) in [5, 5.41) is 0.568. The highest BCUT2D eigenvalue weighted by Gasteiger charge is 2.28. The smallest absolute Gasteiger partial charge is 0.374 e. The van der Waals surface area contributed by atoms with Crippen molar-refractivity contribution < 1.29 is 22.4 Å². The molecule has 1 aliphatic rings. The van der Waals surface area contributed by atoms with Gasteiger partial charge in [-0.1, -0.05) is 36.4 Å². The highest BCUT2D eigenvalue weighted by atomic mass is 32.2. The number of hydrogen-bond acceptors (Lipinski definition) is 7. The summed E-state index contributed by atoms with van der Waals surface area (Å²) in [4.78, 5) is 17.1. The fraction of sp³-hybridized carbons (Fsp3) is 0.323. The van der Waals surface area contributed by atoms with Crippen molar-refractivity contribution in [2.75, 3.05) is 55.6 Å². The molecule has 3 aromatic carbocycles. The summed E-state index contributed by atoms with van der Waals surface area (Å²) in [6, 6.07) is 22.4. The van der Waals surface area contributed by atoms with Crippen molar-refractivity contribution in [3.05, 3.63) is 89.7 Å². The standard InChI is InChI=1S/C31H35N3O5S/c1-4-38-31(35)30-23(2)28-22-27(13-14-29(28)39-30)40(36,37)34(16-15-24-9-6-5-7-10-24)26-12-8-11-25(21-26)33-19-17-32(3)18-20-33/h5-14,21-22H,4,15-20H2,1-3H3. The van der Waals surface area contributed by atoms with E-state index in [9.17, 15) is 13.2 Å². The first-order valence-corrected chi connectivity index (χ1v) is 15.0. The molecule has 1 saturated heterocycles. The second-order valence-corrected chi connectivity index (χ2v) is 11.9. The molecular formula is C31H35N3O5S. The summed E-state index contributed by atoms with van der Waals surface area (Å²) in [5.74, 6) is -0.474. The topological polar surface area (TPSA) is 83.3 Å². The van der Waals surface area contributed by atoms with Crippen LogP contribution in [0, 0.1) is 6.92 Å². The van der Waals surface area contributed by atoms with Crippen LogP contribution in [0.5, 0.6) is 0 Å². The maximum absolute atomic E-state index is 14.3. The van der Waals surface area contributed by atoms with Gasteiger partial charge in [-0.3, -0.25) is 4.31 Å². The monoisotopic (exact) mass is 561 g/mol. The molecule has 0 unspecified atom stereocenters. The van der Waals surface area contributed by atoms with Gasteiger partial charge in [-0.15, -0.1) is 0 Å². The number of carbonyl (C=O) groups excluding carboxylic acids is 1. The van der Waals surface area contributed by atoms with Crippen LogP contribution in [0.2, 0.25) is 0 Å². The van der Waals surface area contributed by atoms with Gasteiger partial charge in [-0.05, 0) is 69.3 Å². The molecule has 9 heteroatoms. The molecule has 8 nitrogen and oxygen atoms in total. The number of aryl methyl sites for hydroxylation is 1. The Morgan fingerprint density at radius 3 is 2.45 bits per heavy atom. The lowest BCUT2D eigenvalue weighted by Crippen LogP contribution is -2.44. The minimum atomic E-state index is -3.96. The molecule has 5 rings (SSSR count). The third kappa shape index (κ3) is 5.71. The van der Waals surface area contributed by atoms with Gasteiger partial charge in [0.25, 0.3) is 10.0 Å². The van der Waals surface area contributed by atoms with Crippen LogP contribution in [0.1, 0.15) is 28.6 Å². The van der Waals surface area contributed by atoms with Crippen LogP contribution in [-0.4, -0.2) is 65.7 Å². The van der Waals surface area contributed by atoms with Gasteiger partial charge >= 0.3 is 5.97 Å². The fourth-order valence-electron chi connectivity index (χ4n) is 5.05. The van der Waals surface area contributed by atoms with Crippen LogP contribution < -0.4 is 9.21 Å². The van der Waals surface area contributed by atoms with E-state index in [1.807, 2.05) is 54.6 Å². The van der Waals surface area contributed by atoms with Crippen molar-refractivity contribution in [1.82, 2.24) is 4.90 Å². The van der Waals surface area contributed by atoms with E-state index in [1.165, 1.54) is 10.4 Å². The number of furan rings is 1. The number of fused-ring (bicyclic) bond motifs is 1. The van der Waals surface area contributed by atoms with Gasteiger partial charge in [-0.25, -0.2) is 13.2 Å². The van der Waals surface area contributed by atoms with Crippen LogP contribution in [-0.2, 0) is 21.2 Å². The number of nitrogens with zero attached hydrogens (tertiary/aromatic N) is 3. The SMILES string of the molecule is CCOC(=O)c1oc2ccc(S(=O)(=O)N(CCc3ccccc3)c3cccc(N4CCN(C)CC4)c3)cc2c1C. The molecule has 0 atom stereocenters. The van der Waals surface area contributed by atoms with Crippen molar-refractivity contribution in [3.63, 3.8) is 0 Å². The number of piperazine rings is 1.